The third kappa shape index (κ3) is 3.27. The molecule has 0 radical (unpaired) electrons. The van der Waals surface area contributed by atoms with Crippen molar-refractivity contribution in [1.29, 1.82) is 0 Å². The van der Waals surface area contributed by atoms with Crippen molar-refractivity contribution in [3.63, 3.8) is 0 Å². The number of primary sulfonamides is 1. The van der Waals surface area contributed by atoms with Crippen LogP contribution in [0.1, 0.15) is 13.3 Å². The number of nitrogens with two attached hydrogens (primary N) is 1. The average molecular weight is 334 g/mol. The molecule has 0 aromatic heterocycles. The summed E-state index contributed by atoms with van der Waals surface area (Å²) < 4.78 is 54.0. The molecule has 1 fully saturated rings. The SMILES string of the molecule is CC1OCCC1N(C)S(=O)(=O)c1ccc(S(N)(=O)=O)cc1. The van der Waals surface area contributed by atoms with Gasteiger partial charge in [-0.05, 0) is 37.6 Å². The molecule has 2 atom stereocenters. The van der Waals surface area contributed by atoms with Gasteiger partial charge in [0.05, 0.1) is 21.9 Å². The predicted molar refractivity (Wildman–Crippen MR) is 76.6 cm³/mol. The zero-order chi connectivity index (χ0) is 15.8. The van der Waals surface area contributed by atoms with Crippen LogP contribution in [0.15, 0.2) is 34.1 Å². The summed E-state index contributed by atoms with van der Waals surface area (Å²) in [6.07, 6.45) is 0.458. The van der Waals surface area contributed by atoms with Crippen LogP contribution in [0, 0.1) is 0 Å². The van der Waals surface area contributed by atoms with Gasteiger partial charge in [0.15, 0.2) is 0 Å². The second kappa shape index (κ2) is 5.65. The second-order valence-corrected chi connectivity index (χ2v) is 8.53. The lowest BCUT2D eigenvalue weighted by molar-refractivity contribution is 0.102. The Morgan fingerprint density at radius 1 is 1.14 bits per heavy atom. The molecular weight excluding hydrogens is 316 g/mol. The van der Waals surface area contributed by atoms with Crippen molar-refractivity contribution in [3.05, 3.63) is 24.3 Å². The third-order valence-electron chi connectivity index (χ3n) is 3.63. The molecule has 0 spiro atoms. The number of benzene rings is 1. The van der Waals surface area contributed by atoms with Gasteiger partial charge >= 0.3 is 0 Å². The van der Waals surface area contributed by atoms with Crippen LogP contribution in [-0.2, 0) is 24.8 Å². The van der Waals surface area contributed by atoms with E-state index in [0.717, 1.165) is 0 Å². The monoisotopic (exact) mass is 334 g/mol. The Bertz CT molecular complexity index is 713. The zero-order valence-corrected chi connectivity index (χ0v) is 13.4. The minimum Gasteiger partial charge on any atom is -0.377 e. The van der Waals surface area contributed by atoms with Crippen LogP contribution in [0.25, 0.3) is 0 Å². The standard InChI is InChI=1S/C12H18N2O5S2/c1-9-12(7-8-19-9)14(2)21(17,18)11-5-3-10(4-6-11)20(13,15)16/h3-6,9,12H,7-8H2,1-2H3,(H2,13,15,16). The first-order valence-electron chi connectivity index (χ1n) is 6.36. The summed E-state index contributed by atoms with van der Waals surface area (Å²) in [7, 11) is -6.04. The van der Waals surface area contributed by atoms with Gasteiger partial charge in [0.25, 0.3) is 0 Å². The van der Waals surface area contributed by atoms with E-state index in [1.54, 1.807) is 0 Å². The van der Waals surface area contributed by atoms with Crippen LogP contribution >= 0.6 is 0 Å². The molecule has 1 aliphatic rings. The maximum Gasteiger partial charge on any atom is 0.243 e. The van der Waals surface area contributed by atoms with E-state index in [1.807, 2.05) is 6.92 Å². The molecule has 1 aromatic rings. The molecule has 1 aliphatic heterocycles. The fourth-order valence-corrected chi connectivity index (χ4v) is 4.31. The van der Waals surface area contributed by atoms with E-state index < -0.39 is 20.0 Å². The predicted octanol–water partition coefficient (Wildman–Crippen LogP) is 0.132. The maximum atomic E-state index is 12.5. The highest BCUT2D eigenvalue weighted by Gasteiger charge is 2.35. The van der Waals surface area contributed by atoms with E-state index in [-0.39, 0.29) is 21.9 Å². The molecule has 9 heteroatoms. The summed E-state index contributed by atoms with van der Waals surface area (Å²) in [6.45, 7) is 2.35. The number of ether oxygens (including phenoxy) is 1. The lowest BCUT2D eigenvalue weighted by atomic mass is 10.2. The summed E-state index contributed by atoms with van der Waals surface area (Å²) in [5, 5.41) is 4.99. The third-order valence-corrected chi connectivity index (χ3v) is 6.46. The highest BCUT2D eigenvalue weighted by Crippen LogP contribution is 2.25. The Labute approximate surface area is 124 Å². The molecule has 2 rings (SSSR count). The first kappa shape index (κ1) is 16.4. The summed E-state index contributed by atoms with van der Waals surface area (Å²) in [6, 6.07) is 4.63. The molecular formula is C12H18N2O5S2. The van der Waals surface area contributed by atoms with Gasteiger partial charge in [0.1, 0.15) is 0 Å². The molecule has 1 heterocycles. The molecule has 1 aromatic carbocycles. The van der Waals surface area contributed by atoms with Crippen molar-refractivity contribution >= 4 is 20.0 Å². The summed E-state index contributed by atoms with van der Waals surface area (Å²) in [4.78, 5) is -0.0989. The number of rotatable bonds is 4. The summed E-state index contributed by atoms with van der Waals surface area (Å²) in [5.41, 5.74) is 0. The summed E-state index contributed by atoms with van der Waals surface area (Å²) in [5.74, 6) is 0. The Kier molecular flexibility index (Phi) is 4.41. The van der Waals surface area contributed by atoms with Crippen molar-refractivity contribution in [1.82, 2.24) is 4.31 Å². The van der Waals surface area contributed by atoms with Crippen LogP contribution < -0.4 is 5.14 Å². The van der Waals surface area contributed by atoms with Gasteiger partial charge in [0.2, 0.25) is 20.0 Å². The highest BCUT2D eigenvalue weighted by atomic mass is 32.2. The minimum absolute atomic E-state index is 0.0245. The number of sulfonamides is 2. The van der Waals surface area contributed by atoms with Crippen LogP contribution in [0.2, 0.25) is 0 Å². The van der Waals surface area contributed by atoms with Crippen molar-refractivity contribution < 1.29 is 21.6 Å². The van der Waals surface area contributed by atoms with Gasteiger partial charge in [-0.15, -0.1) is 0 Å². The van der Waals surface area contributed by atoms with Gasteiger partial charge in [-0.2, -0.15) is 4.31 Å². The van der Waals surface area contributed by atoms with Crippen LogP contribution in [0.4, 0.5) is 0 Å². The lowest BCUT2D eigenvalue weighted by Gasteiger charge is -2.26. The van der Waals surface area contributed by atoms with E-state index >= 15 is 0 Å². The molecule has 0 saturated carbocycles. The topological polar surface area (TPSA) is 107 Å². The molecule has 1 saturated heterocycles. The molecule has 0 amide bonds. The Morgan fingerprint density at radius 3 is 2.10 bits per heavy atom. The van der Waals surface area contributed by atoms with Gasteiger partial charge in [0, 0.05) is 13.7 Å². The smallest absolute Gasteiger partial charge is 0.243 e. The summed E-state index contributed by atoms with van der Waals surface area (Å²) >= 11 is 0. The Hall–Kier alpha value is -1.00. The van der Waals surface area contributed by atoms with Crippen molar-refractivity contribution in [2.75, 3.05) is 13.7 Å². The molecule has 7 nitrogen and oxygen atoms in total. The zero-order valence-electron chi connectivity index (χ0n) is 11.8. The van der Waals surface area contributed by atoms with Crippen molar-refractivity contribution in [2.24, 2.45) is 5.14 Å². The van der Waals surface area contributed by atoms with Gasteiger partial charge < -0.3 is 4.74 Å². The number of hydrogen-bond acceptors (Lipinski definition) is 5. The lowest BCUT2D eigenvalue weighted by Crippen LogP contribution is -2.40. The van der Waals surface area contributed by atoms with Gasteiger partial charge in [-0.25, -0.2) is 22.0 Å². The second-order valence-electron chi connectivity index (χ2n) is 4.97. The number of nitrogens with zero attached hydrogens (tertiary/aromatic N) is 1. The first-order valence-corrected chi connectivity index (χ1v) is 9.35. The Balaban J connectivity index is 2.31. The van der Waals surface area contributed by atoms with E-state index in [0.29, 0.717) is 13.0 Å². The van der Waals surface area contributed by atoms with E-state index in [4.69, 9.17) is 9.88 Å². The normalized spacial score (nSPS) is 23.6. The average Bonchev–Trinajstić information content (AvgIpc) is 2.83. The van der Waals surface area contributed by atoms with Crippen molar-refractivity contribution in [3.8, 4) is 0 Å². The number of hydrogen-bond donors (Lipinski definition) is 1. The fourth-order valence-electron chi connectivity index (χ4n) is 2.34. The first-order chi connectivity index (χ1) is 9.64. The van der Waals surface area contributed by atoms with Crippen LogP contribution in [0.5, 0.6) is 0 Å². The van der Waals surface area contributed by atoms with Gasteiger partial charge in [-0.3, -0.25) is 0 Å². The molecule has 118 valence electrons. The molecule has 0 bridgehead atoms. The Morgan fingerprint density at radius 2 is 1.67 bits per heavy atom. The van der Waals surface area contributed by atoms with Gasteiger partial charge in [-0.1, -0.05) is 0 Å². The van der Waals surface area contributed by atoms with E-state index in [2.05, 4.69) is 0 Å². The highest BCUT2D eigenvalue weighted by molar-refractivity contribution is 7.89. The minimum atomic E-state index is -3.84. The van der Waals surface area contributed by atoms with Crippen LogP contribution in [0.3, 0.4) is 0 Å². The van der Waals surface area contributed by atoms with E-state index in [9.17, 15) is 16.8 Å². The fraction of sp³-hybridized carbons (Fsp3) is 0.500. The molecule has 0 aliphatic carbocycles. The number of likely N-dealkylation sites (N-methyl/N-ethyl adjacent to an activating group) is 1. The van der Waals surface area contributed by atoms with Crippen molar-refractivity contribution in [2.45, 2.75) is 35.3 Å². The maximum absolute atomic E-state index is 12.5. The van der Waals surface area contributed by atoms with E-state index in [1.165, 1.54) is 35.6 Å². The molecule has 2 N–H and O–H groups in total. The molecule has 21 heavy (non-hydrogen) atoms. The molecule has 2 unspecified atom stereocenters. The van der Waals surface area contributed by atoms with Crippen LogP contribution in [-0.4, -0.2) is 46.9 Å². The largest absolute Gasteiger partial charge is 0.377 e. The quantitative estimate of drug-likeness (QED) is 0.842.